The summed E-state index contributed by atoms with van der Waals surface area (Å²) in [5, 5.41) is 2.82. The Hall–Kier alpha value is -0.0200. The van der Waals surface area contributed by atoms with Crippen LogP contribution in [0, 0.1) is 5.92 Å². The summed E-state index contributed by atoms with van der Waals surface area (Å²) in [7, 11) is -3.87. The maximum Gasteiger partial charge on any atom is 0.481 e. The Bertz CT molecular complexity index is 405. The molecule has 23 heavy (non-hydrogen) atoms. The molecule has 0 aromatic heterocycles. The minimum atomic E-state index is -3.87. The van der Waals surface area contributed by atoms with Crippen LogP contribution in [0.5, 0.6) is 0 Å². The van der Waals surface area contributed by atoms with Crippen LogP contribution in [0.4, 0.5) is 0 Å². The van der Waals surface area contributed by atoms with Crippen LogP contribution in [-0.4, -0.2) is 29.7 Å². The summed E-state index contributed by atoms with van der Waals surface area (Å²) >= 11 is 1.33. The van der Waals surface area contributed by atoms with Crippen LogP contribution >= 0.6 is 30.8 Å². The number of hydrogen-bond donors (Lipinski definition) is 2. The molecule has 1 atom stereocenters. The van der Waals surface area contributed by atoms with Gasteiger partial charge in [-0.15, -0.1) is 0 Å². The molecule has 0 spiro atoms. The number of hydrogen-bond acceptors (Lipinski definition) is 5. The monoisotopic (exact) mass is 463 g/mol. The van der Waals surface area contributed by atoms with Gasteiger partial charge < -0.3 is 10.2 Å². The molecule has 7 nitrogen and oxygen atoms in total. The van der Waals surface area contributed by atoms with Crippen LogP contribution in [-0.2, 0) is 21.5 Å². The molecule has 0 fully saturated rings. The number of carbonyl (C=O) groups is 2. The van der Waals surface area contributed by atoms with Crippen LogP contribution in [0.2, 0.25) is 0 Å². The molecule has 0 aliphatic rings. The number of rotatable bonds is 14. The zero-order valence-corrected chi connectivity index (χ0v) is 16.8. The van der Waals surface area contributed by atoms with Crippen molar-refractivity contribution in [3.05, 3.63) is 0 Å². The molecule has 0 saturated heterocycles. The van der Waals surface area contributed by atoms with E-state index in [4.69, 9.17) is 4.89 Å². The smallest absolute Gasteiger partial charge is 0.356 e. The van der Waals surface area contributed by atoms with Crippen LogP contribution in [0.15, 0.2) is 0 Å². The van der Waals surface area contributed by atoms with Gasteiger partial charge in [-0.3, -0.25) is 14.1 Å². The van der Waals surface area contributed by atoms with Crippen molar-refractivity contribution in [3.8, 4) is 0 Å². The lowest BCUT2D eigenvalue weighted by Gasteiger charge is -2.08. The molecule has 0 aliphatic carbocycles. The summed E-state index contributed by atoms with van der Waals surface area (Å²) in [6, 6.07) is 0. The lowest BCUT2D eigenvalue weighted by atomic mass is 10.0. The van der Waals surface area contributed by atoms with E-state index < -0.39 is 7.82 Å². The minimum absolute atomic E-state index is 0.0229. The normalized spacial score (nSPS) is 13.8. The summed E-state index contributed by atoms with van der Waals surface area (Å²) in [5.74, 6) is 0.205. The van der Waals surface area contributed by atoms with Crippen LogP contribution in [0.3, 0.4) is 0 Å². The molecule has 2 N–H and O–H groups in total. The van der Waals surface area contributed by atoms with E-state index in [-0.39, 0.29) is 24.2 Å². The third-order valence-corrected chi connectivity index (χ3v) is 5.38. The molecular formula is C14H27INO6P. The van der Waals surface area contributed by atoms with E-state index in [0.717, 1.165) is 19.3 Å². The maximum atomic E-state index is 11.6. The number of halogens is 1. The molecule has 0 aromatic rings. The molecule has 0 bridgehead atoms. The molecule has 0 aliphatic heterocycles. The first-order valence-corrected chi connectivity index (χ1v) is 10.2. The number of amides is 1. The summed E-state index contributed by atoms with van der Waals surface area (Å²) < 4.78 is 19.9. The third kappa shape index (κ3) is 14.1. The quantitative estimate of drug-likeness (QED) is 0.232. The van der Waals surface area contributed by atoms with Crippen molar-refractivity contribution in [1.29, 1.82) is 0 Å². The molecule has 136 valence electrons. The van der Waals surface area contributed by atoms with Crippen molar-refractivity contribution in [2.45, 2.75) is 58.8 Å². The first-order valence-electron chi connectivity index (χ1n) is 7.85. The van der Waals surface area contributed by atoms with E-state index in [9.17, 15) is 14.2 Å². The zero-order valence-electron chi connectivity index (χ0n) is 13.8. The van der Waals surface area contributed by atoms with E-state index >= 15 is 0 Å². The Morgan fingerprint density at radius 3 is 2.39 bits per heavy atom. The average molecular weight is 463 g/mol. The van der Waals surface area contributed by atoms with Gasteiger partial charge in [0.2, 0.25) is 5.91 Å². The molecule has 0 heterocycles. The Balaban J connectivity index is 3.43. The largest absolute Gasteiger partial charge is 0.481 e. The Labute approximate surface area is 152 Å². The van der Waals surface area contributed by atoms with Gasteiger partial charge in [0.05, 0.1) is 6.61 Å². The van der Waals surface area contributed by atoms with Crippen molar-refractivity contribution >= 4 is 42.5 Å². The number of carbonyl (C=O) groups excluding carboxylic acids is 2. The van der Waals surface area contributed by atoms with Crippen LogP contribution in [0.1, 0.15) is 58.8 Å². The predicted molar refractivity (Wildman–Crippen MR) is 96.1 cm³/mol. The molecule has 9 heteroatoms. The first kappa shape index (κ1) is 23.0. The lowest BCUT2D eigenvalue weighted by Crippen LogP contribution is -2.24. The number of unbranched alkanes of at least 4 members (excludes halogenated alkanes) is 3. The highest BCUT2D eigenvalue weighted by Gasteiger charge is 2.18. The Morgan fingerprint density at radius 2 is 1.78 bits per heavy atom. The fraction of sp³-hybridized carbons (Fsp3) is 0.857. The van der Waals surface area contributed by atoms with Gasteiger partial charge >= 0.3 is 7.82 Å². The van der Waals surface area contributed by atoms with E-state index in [1.165, 1.54) is 23.0 Å². The number of Topliss-reactive ketones (excluding diaryl/α,β-unsaturated/α-hetero) is 1. The molecular weight excluding hydrogens is 436 g/mol. The molecule has 1 unspecified atom stereocenters. The molecule has 0 aromatic carbocycles. The van der Waals surface area contributed by atoms with Crippen LogP contribution < -0.4 is 5.32 Å². The van der Waals surface area contributed by atoms with Gasteiger partial charge in [0.25, 0.3) is 0 Å². The summed E-state index contributed by atoms with van der Waals surface area (Å²) in [4.78, 5) is 32.0. The molecule has 0 radical (unpaired) electrons. The highest BCUT2D eigenvalue weighted by molar-refractivity contribution is 14.1. The van der Waals surface area contributed by atoms with Crippen molar-refractivity contribution in [1.82, 2.24) is 5.32 Å². The zero-order chi connectivity index (χ0) is 17.7. The number of phosphoric ester groups is 1. The average Bonchev–Trinajstić information content (AvgIpc) is 2.49. The van der Waals surface area contributed by atoms with E-state index in [2.05, 4.69) is 12.7 Å². The third-order valence-electron chi connectivity index (χ3n) is 3.21. The van der Waals surface area contributed by atoms with Crippen molar-refractivity contribution in [3.63, 3.8) is 0 Å². The highest BCUT2D eigenvalue weighted by Crippen LogP contribution is 2.45. The van der Waals surface area contributed by atoms with E-state index in [1.54, 1.807) is 0 Å². The fourth-order valence-electron chi connectivity index (χ4n) is 1.81. The first-order chi connectivity index (χ1) is 10.8. The lowest BCUT2D eigenvalue weighted by molar-refractivity contribution is -0.122. The van der Waals surface area contributed by atoms with E-state index in [1.807, 2.05) is 13.8 Å². The van der Waals surface area contributed by atoms with E-state index in [0.29, 0.717) is 32.2 Å². The van der Waals surface area contributed by atoms with Gasteiger partial charge in [-0.1, -0.05) is 26.7 Å². The minimum Gasteiger partial charge on any atom is -0.356 e. The van der Waals surface area contributed by atoms with Gasteiger partial charge in [-0.25, -0.2) is 7.42 Å². The second kappa shape index (κ2) is 13.3. The SMILES string of the molecule is CC(C)C(=O)CCCC(=O)NCCCCCCOP(=O)(O)OI. The van der Waals surface area contributed by atoms with Crippen molar-refractivity contribution in [2.24, 2.45) is 5.92 Å². The summed E-state index contributed by atoms with van der Waals surface area (Å²) in [6.07, 6.45) is 4.69. The van der Waals surface area contributed by atoms with Gasteiger partial charge in [0.1, 0.15) is 28.8 Å². The Morgan fingerprint density at radius 1 is 1.13 bits per heavy atom. The van der Waals surface area contributed by atoms with Crippen molar-refractivity contribution < 1.29 is 26.4 Å². The van der Waals surface area contributed by atoms with Gasteiger partial charge in [-0.2, -0.15) is 0 Å². The Kier molecular flexibility index (Phi) is 13.3. The fourth-order valence-corrected chi connectivity index (χ4v) is 2.55. The summed E-state index contributed by atoms with van der Waals surface area (Å²) in [6.45, 7) is 4.50. The van der Waals surface area contributed by atoms with Gasteiger partial charge in [-0.05, 0) is 19.3 Å². The molecule has 0 saturated carbocycles. The number of nitrogens with one attached hydrogen (secondary N) is 1. The van der Waals surface area contributed by atoms with Gasteiger partial charge in [0.15, 0.2) is 0 Å². The summed E-state index contributed by atoms with van der Waals surface area (Å²) in [5.41, 5.74) is 0. The molecule has 0 rings (SSSR count). The maximum absolute atomic E-state index is 11.6. The standard InChI is InChI=1S/C14H27INO6P/c1-12(2)13(17)8-7-9-14(18)16-10-5-3-4-6-11-21-23(19,20)22-15/h12H,3-11H2,1-2H3,(H,16,18)(H,19,20). The number of phosphoric acid groups is 1. The van der Waals surface area contributed by atoms with Crippen molar-refractivity contribution in [2.75, 3.05) is 13.2 Å². The van der Waals surface area contributed by atoms with Gasteiger partial charge in [0, 0.05) is 25.3 Å². The topological polar surface area (TPSA) is 102 Å². The highest BCUT2D eigenvalue weighted by atomic mass is 127. The second-order valence-electron chi connectivity index (χ2n) is 5.61. The molecule has 1 amide bonds. The van der Waals surface area contributed by atoms with Crippen LogP contribution in [0.25, 0.3) is 0 Å². The second-order valence-corrected chi connectivity index (χ2v) is 8.12. The predicted octanol–water partition coefficient (Wildman–Crippen LogP) is 3.54. The number of ketones is 1.